The monoisotopic (exact) mass is 135 g/mol. The van der Waals surface area contributed by atoms with Crippen molar-refractivity contribution in [3.8, 4) is 0 Å². The molecule has 3 heteroatoms. The van der Waals surface area contributed by atoms with Gasteiger partial charge in [-0.15, -0.1) is 11.6 Å². The van der Waals surface area contributed by atoms with Crippen LogP contribution in [0.25, 0.3) is 0 Å². The number of alkyl halides is 1. The minimum Gasteiger partial charge on any atom is -0.355 e. The molecule has 0 aromatic heterocycles. The molecule has 0 fully saturated rings. The molecule has 1 N–H and O–H groups in total. The van der Waals surface area contributed by atoms with Crippen molar-refractivity contribution < 1.29 is 4.79 Å². The van der Waals surface area contributed by atoms with Crippen molar-refractivity contribution in [2.24, 2.45) is 0 Å². The normalized spacial score (nSPS) is 12.9. The summed E-state index contributed by atoms with van der Waals surface area (Å²) in [6.45, 7) is 4.15. The van der Waals surface area contributed by atoms with Crippen LogP contribution < -0.4 is 5.32 Å². The van der Waals surface area contributed by atoms with Gasteiger partial charge in [0.15, 0.2) is 0 Å². The summed E-state index contributed by atoms with van der Waals surface area (Å²) in [5, 5.41) is 2.17. The van der Waals surface area contributed by atoms with Crippen LogP contribution in [0.1, 0.15) is 13.8 Å². The predicted molar refractivity (Wildman–Crippen MR) is 34.0 cm³/mol. The van der Waals surface area contributed by atoms with Crippen LogP contribution in [0.15, 0.2) is 0 Å². The Balaban J connectivity index is 3.33. The molecule has 0 aliphatic rings. The summed E-state index contributed by atoms with van der Waals surface area (Å²) in [5.74, 6) is -0.103. The van der Waals surface area contributed by atoms with E-state index in [1.165, 1.54) is 0 Å². The van der Waals surface area contributed by atoms with Crippen LogP contribution in [0.3, 0.4) is 0 Å². The SMILES string of the molecule is CCNC(=O)C(C)Cl. The van der Waals surface area contributed by atoms with Gasteiger partial charge in [0.1, 0.15) is 5.38 Å². The molecule has 8 heavy (non-hydrogen) atoms. The Morgan fingerprint density at radius 2 is 2.38 bits per heavy atom. The van der Waals surface area contributed by atoms with Crippen LogP contribution >= 0.6 is 11.6 Å². The number of rotatable bonds is 2. The van der Waals surface area contributed by atoms with Gasteiger partial charge in [-0.1, -0.05) is 0 Å². The van der Waals surface area contributed by atoms with Gasteiger partial charge in [-0.3, -0.25) is 4.79 Å². The largest absolute Gasteiger partial charge is 0.355 e. The van der Waals surface area contributed by atoms with E-state index in [9.17, 15) is 4.79 Å². The molecule has 48 valence electrons. The first-order valence-corrected chi connectivity index (χ1v) is 3.04. The van der Waals surface area contributed by atoms with Crippen LogP contribution in [-0.2, 0) is 4.79 Å². The molecular formula is C5H10ClNO. The van der Waals surface area contributed by atoms with Gasteiger partial charge in [0, 0.05) is 6.54 Å². The average Bonchev–Trinajstić information content (AvgIpc) is 1.67. The summed E-state index contributed by atoms with van der Waals surface area (Å²) >= 11 is 5.39. The highest BCUT2D eigenvalue weighted by molar-refractivity contribution is 6.30. The number of hydrogen-bond donors (Lipinski definition) is 1. The van der Waals surface area contributed by atoms with Gasteiger partial charge in [0.2, 0.25) is 5.91 Å². The highest BCUT2D eigenvalue weighted by Crippen LogP contribution is 1.90. The third-order valence-electron chi connectivity index (χ3n) is 0.712. The number of carbonyl (C=O) groups excluding carboxylic acids is 1. The van der Waals surface area contributed by atoms with E-state index in [0.717, 1.165) is 0 Å². The van der Waals surface area contributed by atoms with E-state index in [4.69, 9.17) is 11.6 Å². The summed E-state index contributed by atoms with van der Waals surface area (Å²) in [6.07, 6.45) is 0. The van der Waals surface area contributed by atoms with Crippen LogP contribution in [0.5, 0.6) is 0 Å². The summed E-state index contributed by atoms with van der Waals surface area (Å²) in [6, 6.07) is 0. The summed E-state index contributed by atoms with van der Waals surface area (Å²) < 4.78 is 0. The summed E-state index contributed by atoms with van der Waals surface area (Å²) in [4.78, 5) is 10.5. The van der Waals surface area contributed by atoms with Crippen LogP contribution in [0.4, 0.5) is 0 Å². The molecule has 0 aliphatic carbocycles. The highest BCUT2D eigenvalue weighted by Gasteiger charge is 2.04. The topological polar surface area (TPSA) is 29.1 Å². The Labute approximate surface area is 54.2 Å². The third kappa shape index (κ3) is 2.86. The molecule has 1 unspecified atom stereocenters. The first kappa shape index (κ1) is 7.76. The van der Waals surface area contributed by atoms with Crippen LogP contribution in [0, 0.1) is 0 Å². The molecular weight excluding hydrogens is 126 g/mol. The molecule has 0 bridgehead atoms. The van der Waals surface area contributed by atoms with E-state index in [1.807, 2.05) is 6.92 Å². The van der Waals surface area contributed by atoms with Gasteiger partial charge in [0.05, 0.1) is 0 Å². The molecule has 0 saturated carbocycles. The molecule has 0 aromatic rings. The Morgan fingerprint density at radius 1 is 1.88 bits per heavy atom. The van der Waals surface area contributed by atoms with E-state index >= 15 is 0 Å². The van der Waals surface area contributed by atoms with Gasteiger partial charge < -0.3 is 5.32 Å². The van der Waals surface area contributed by atoms with Crippen molar-refractivity contribution in [1.82, 2.24) is 5.32 Å². The molecule has 0 radical (unpaired) electrons. The molecule has 1 amide bonds. The van der Waals surface area contributed by atoms with Gasteiger partial charge >= 0.3 is 0 Å². The molecule has 0 rings (SSSR count). The molecule has 1 atom stereocenters. The zero-order chi connectivity index (χ0) is 6.57. The minimum absolute atomic E-state index is 0.103. The Kier molecular flexibility index (Phi) is 3.61. The second-order valence-electron chi connectivity index (χ2n) is 1.51. The van der Waals surface area contributed by atoms with Crippen molar-refractivity contribution in [2.45, 2.75) is 19.2 Å². The molecule has 0 aromatic carbocycles. The molecule has 0 heterocycles. The lowest BCUT2D eigenvalue weighted by atomic mass is 10.4. The van der Waals surface area contributed by atoms with E-state index < -0.39 is 5.38 Å². The predicted octanol–water partition coefficient (Wildman–Crippen LogP) is 0.750. The Hall–Kier alpha value is -0.240. The zero-order valence-electron chi connectivity index (χ0n) is 5.07. The fraction of sp³-hybridized carbons (Fsp3) is 0.800. The van der Waals surface area contributed by atoms with Crippen molar-refractivity contribution in [3.63, 3.8) is 0 Å². The van der Waals surface area contributed by atoms with E-state index in [-0.39, 0.29) is 5.91 Å². The number of halogens is 1. The maximum Gasteiger partial charge on any atom is 0.237 e. The van der Waals surface area contributed by atoms with Gasteiger partial charge in [-0.2, -0.15) is 0 Å². The van der Waals surface area contributed by atoms with Crippen molar-refractivity contribution >= 4 is 17.5 Å². The number of amides is 1. The average molecular weight is 136 g/mol. The van der Waals surface area contributed by atoms with Crippen molar-refractivity contribution in [2.75, 3.05) is 6.54 Å². The summed E-state index contributed by atoms with van der Waals surface area (Å²) in [5.41, 5.74) is 0. The Morgan fingerprint density at radius 3 is 2.50 bits per heavy atom. The smallest absolute Gasteiger partial charge is 0.237 e. The summed E-state index contributed by atoms with van der Waals surface area (Å²) in [7, 11) is 0. The van der Waals surface area contributed by atoms with Gasteiger partial charge in [-0.25, -0.2) is 0 Å². The molecule has 0 saturated heterocycles. The van der Waals surface area contributed by atoms with Gasteiger partial charge in [0.25, 0.3) is 0 Å². The van der Waals surface area contributed by atoms with E-state index in [2.05, 4.69) is 5.32 Å². The number of nitrogens with one attached hydrogen (secondary N) is 1. The number of hydrogen-bond acceptors (Lipinski definition) is 1. The van der Waals surface area contributed by atoms with E-state index in [1.54, 1.807) is 6.92 Å². The zero-order valence-corrected chi connectivity index (χ0v) is 5.83. The van der Waals surface area contributed by atoms with Gasteiger partial charge in [-0.05, 0) is 13.8 Å². The molecule has 2 nitrogen and oxygen atoms in total. The molecule has 0 spiro atoms. The number of carbonyl (C=O) groups is 1. The fourth-order valence-corrected chi connectivity index (χ4v) is 0.392. The Bertz CT molecular complexity index is 82.5. The first-order valence-electron chi connectivity index (χ1n) is 2.60. The van der Waals surface area contributed by atoms with Crippen molar-refractivity contribution in [1.29, 1.82) is 0 Å². The quantitative estimate of drug-likeness (QED) is 0.557. The van der Waals surface area contributed by atoms with Crippen molar-refractivity contribution in [3.05, 3.63) is 0 Å². The maximum absolute atomic E-state index is 10.5. The van der Waals surface area contributed by atoms with E-state index in [0.29, 0.717) is 6.54 Å². The maximum atomic E-state index is 10.5. The van der Waals surface area contributed by atoms with Crippen LogP contribution in [0.2, 0.25) is 0 Å². The standard InChI is InChI=1S/C5H10ClNO/c1-3-7-5(8)4(2)6/h4H,3H2,1-2H3,(H,7,8). The second kappa shape index (κ2) is 3.72. The highest BCUT2D eigenvalue weighted by atomic mass is 35.5. The fourth-order valence-electron chi connectivity index (χ4n) is 0.315. The lowest BCUT2D eigenvalue weighted by Crippen LogP contribution is -2.28. The third-order valence-corrected chi connectivity index (χ3v) is 0.910. The van der Waals surface area contributed by atoms with Crippen LogP contribution in [-0.4, -0.2) is 17.8 Å². The molecule has 0 aliphatic heterocycles. The lowest BCUT2D eigenvalue weighted by Gasteiger charge is -2.00. The first-order chi connectivity index (χ1) is 3.68. The minimum atomic E-state index is -0.407. The second-order valence-corrected chi connectivity index (χ2v) is 2.17. The lowest BCUT2D eigenvalue weighted by molar-refractivity contribution is -0.120.